The molecular weight excluding hydrogens is 462 g/mol. The van der Waals surface area contributed by atoms with Crippen LogP contribution in [-0.4, -0.2) is 48.2 Å². The van der Waals surface area contributed by atoms with E-state index in [0.29, 0.717) is 18.0 Å². The van der Waals surface area contributed by atoms with Crippen LogP contribution in [-0.2, 0) is 27.3 Å². The normalized spacial score (nSPS) is 11.0. The summed E-state index contributed by atoms with van der Waals surface area (Å²) in [7, 11) is 1.46. The van der Waals surface area contributed by atoms with E-state index in [2.05, 4.69) is 10.3 Å². The Morgan fingerprint density at radius 1 is 1.26 bits per heavy atom. The molecule has 0 aliphatic heterocycles. The first-order valence-electron chi connectivity index (χ1n) is 11.1. The van der Waals surface area contributed by atoms with Gasteiger partial charge in [0.25, 0.3) is 5.56 Å². The summed E-state index contributed by atoms with van der Waals surface area (Å²) in [6.07, 6.45) is 0.389. The number of benzene rings is 1. The average Bonchev–Trinajstić information content (AvgIpc) is 2.77. The number of anilines is 2. The van der Waals surface area contributed by atoms with E-state index < -0.39 is 17.2 Å². The third-order valence-electron chi connectivity index (χ3n) is 5.04. The van der Waals surface area contributed by atoms with Crippen LogP contribution in [0, 0.1) is 5.92 Å². The maximum Gasteiger partial charge on any atom is 0.330 e. The van der Waals surface area contributed by atoms with Gasteiger partial charge in [0.15, 0.2) is 5.69 Å². The Morgan fingerprint density at radius 3 is 2.65 bits per heavy atom. The molecule has 2 rings (SSSR count). The maximum absolute atomic E-state index is 13.0. The molecule has 2 aromatic rings. The van der Waals surface area contributed by atoms with Crippen molar-refractivity contribution in [3.63, 3.8) is 0 Å². The summed E-state index contributed by atoms with van der Waals surface area (Å²) in [5, 5.41) is 3.40. The van der Waals surface area contributed by atoms with Crippen molar-refractivity contribution >= 4 is 34.9 Å². The predicted octanol–water partition coefficient (Wildman–Crippen LogP) is 1.55. The molecular formula is C23H32ClN5O5. The second-order valence-electron chi connectivity index (χ2n) is 8.27. The first-order valence-corrected chi connectivity index (χ1v) is 11.4. The summed E-state index contributed by atoms with van der Waals surface area (Å²) in [4.78, 5) is 53.5. The summed E-state index contributed by atoms with van der Waals surface area (Å²) in [6, 6.07) is 7.35. The van der Waals surface area contributed by atoms with Gasteiger partial charge in [-0.2, -0.15) is 0 Å². The molecule has 34 heavy (non-hydrogen) atoms. The van der Waals surface area contributed by atoms with Gasteiger partial charge in [-0.1, -0.05) is 37.6 Å². The van der Waals surface area contributed by atoms with E-state index in [9.17, 15) is 19.2 Å². The second kappa shape index (κ2) is 13.0. The number of hydrogen-bond acceptors (Lipinski definition) is 6. The van der Waals surface area contributed by atoms with Gasteiger partial charge in [-0.25, -0.2) is 4.79 Å². The van der Waals surface area contributed by atoms with E-state index in [0.717, 1.165) is 5.56 Å². The number of methoxy groups -OCH3 is 1. The third-order valence-corrected chi connectivity index (χ3v) is 5.28. The van der Waals surface area contributed by atoms with Gasteiger partial charge >= 0.3 is 5.69 Å². The van der Waals surface area contributed by atoms with Crippen LogP contribution in [0.15, 0.2) is 33.9 Å². The molecule has 0 bridgehead atoms. The molecule has 0 unspecified atom stereocenters. The molecule has 0 atom stereocenters. The molecule has 0 saturated carbocycles. The zero-order chi connectivity index (χ0) is 25.3. The van der Waals surface area contributed by atoms with Crippen molar-refractivity contribution < 1.29 is 14.3 Å². The van der Waals surface area contributed by atoms with Crippen molar-refractivity contribution in [1.29, 1.82) is 0 Å². The molecule has 11 heteroatoms. The first-order chi connectivity index (χ1) is 16.1. The summed E-state index contributed by atoms with van der Waals surface area (Å²) in [5.41, 5.74) is 5.61. The zero-order valence-electron chi connectivity index (χ0n) is 19.7. The van der Waals surface area contributed by atoms with Gasteiger partial charge in [-0.15, -0.1) is 0 Å². The highest BCUT2D eigenvalue weighted by molar-refractivity contribution is 6.30. The minimum Gasteiger partial charge on any atom is -0.383 e. The molecule has 0 radical (unpaired) electrons. The van der Waals surface area contributed by atoms with Gasteiger partial charge in [0, 0.05) is 44.6 Å². The largest absolute Gasteiger partial charge is 0.383 e. The van der Waals surface area contributed by atoms with E-state index in [1.54, 1.807) is 6.07 Å². The van der Waals surface area contributed by atoms with Gasteiger partial charge in [-0.3, -0.25) is 23.9 Å². The Balaban J connectivity index is 2.09. The Kier molecular flexibility index (Phi) is 10.3. The lowest BCUT2D eigenvalue weighted by atomic mass is 10.1. The molecule has 10 nitrogen and oxygen atoms in total. The maximum atomic E-state index is 13.0. The van der Waals surface area contributed by atoms with E-state index in [-0.39, 0.29) is 55.9 Å². The van der Waals surface area contributed by atoms with Crippen LogP contribution >= 0.6 is 11.6 Å². The molecule has 0 aliphatic rings. The van der Waals surface area contributed by atoms with Crippen LogP contribution in [0.4, 0.5) is 11.5 Å². The van der Waals surface area contributed by atoms with Crippen molar-refractivity contribution in [2.75, 3.05) is 37.4 Å². The summed E-state index contributed by atoms with van der Waals surface area (Å²) in [6.45, 7) is 4.65. The molecule has 0 aliphatic carbocycles. The smallest absolute Gasteiger partial charge is 0.330 e. The van der Waals surface area contributed by atoms with Crippen LogP contribution < -0.4 is 27.2 Å². The minimum absolute atomic E-state index is 0.0406. The van der Waals surface area contributed by atoms with Gasteiger partial charge in [0.2, 0.25) is 11.8 Å². The highest BCUT2D eigenvalue weighted by atomic mass is 35.5. The fraction of sp³-hybridized carbons (Fsp3) is 0.478. The van der Waals surface area contributed by atoms with E-state index >= 15 is 0 Å². The quantitative estimate of drug-likeness (QED) is 0.410. The molecule has 2 amide bonds. The third kappa shape index (κ3) is 7.74. The van der Waals surface area contributed by atoms with Crippen molar-refractivity contribution in [3.8, 4) is 0 Å². The number of aromatic amines is 1. The number of aromatic nitrogens is 2. The average molecular weight is 494 g/mol. The second-order valence-corrected chi connectivity index (χ2v) is 8.70. The molecule has 1 aromatic heterocycles. The number of nitrogens with two attached hydrogens (primary N) is 1. The molecule has 0 saturated heterocycles. The first kappa shape index (κ1) is 27.1. The Morgan fingerprint density at radius 2 is 2.00 bits per heavy atom. The highest BCUT2D eigenvalue weighted by Crippen LogP contribution is 2.19. The zero-order valence-corrected chi connectivity index (χ0v) is 20.5. The molecule has 186 valence electrons. The highest BCUT2D eigenvalue weighted by Gasteiger charge is 2.24. The van der Waals surface area contributed by atoms with Crippen LogP contribution in [0.2, 0.25) is 5.02 Å². The number of ether oxygens (including phenoxy) is 1. The van der Waals surface area contributed by atoms with E-state index in [1.165, 1.54) is 16.6 Å². The van der Waals surface area contributed by atoms with Crippen molar-refractivity contribution in [2.45, 2.75) is 39.7 Å². The number of halogens is 1. The number of carbonyl (C=O) groups excluding carboxylic acids is 2. The summed E-state index contributed by atoms with van der Waals surface area (Å²) >= 11 is 5.96. The Hall–Kier alpha value is -3.11. The van der Waals surface area contributed by atoms with Crippen LogP contribution in [0.25, 0.3) is 0 Å². The van der Waals surface area contributed by atoms with Gasteiger partial charge in [0.05, 0.1) is 6.61 Å². The van der Waals surface area contributed by atoms with Gasteiger partial charge in [-0.05, 0) is 30.0 Å². The van der Waals surface area contributed by atoms with Gasteiger partial charge in [0.1, 0.15) is 5.82 Å². The lowest BCUT2D eigenvalue weighted by Crippen LogP contribution is -2.43. The van der Waals surface area contributed by atoms with Crippen LogP contribution in [0.5, 0.6) is 0 Å². The number of nitrogens with one attached hydrogen (secondary N) is 2. The minimum atomic E-state index is -0.766. The fourth-order valence-electron chi connectivity index (χ4n) is 3.41. The molecule has 4 N–H and O–H groups in total. The topological polar surface area (TPSA) is 140 Å². The molecule has 0 fully saturated rings. The number of hydrogen-bond donors (Lipinski definition) is 3. The lowest BCUT2D eigenvalue weighted by molar-refractivity contribution is -0.125. The standard InChI is InChI=1S/C23H32ClN5O5/c1-15(2)14-29-21(25)20(22(32)27-23(29)33)28(11-12-34-3)19(31)8-7-18(30)26-10-9-16-5-4-6-17(24)13-16/h4-6,13,15H,7-12,14,25H2,1-3H3,(H,26,30)(H,27,32,33). The van der Waals surface area contributed by atoms with Crippen LogP contribution in [0.3, 0.4) is 0 Å². The van der Waals surface area contributed by atoms with E-state index in [1.807, 2.05) is 32.0 Å². The monoisotopic (exact) mass is 493 g/mol. The van der Waals surface area contributed by atoms with E-state index in [4.69, 9.17) is 22.1 Å². The summed E-state index contributed by atoms with van der Waals surface area (Å²) in [5.74, 6) is -0.793. The number of rotatable bonds is 12. The summed E-state index contributed by atoms with van der Waals surface area (Å²) < 4.78 is 6.30. The van der Waals surface area contributed by atoms with Crippen molar-refractivity contribution in [1.82, 2.24) is 14.9 Å². The Bertz CT molecular complexity index is 1110. The number of nitrogen functional groups attached to an aromatic ring is 1. The van der Waals surface area contributed by atoms with Crippen molar-refractivity contribution in [3.05, 3.63) is 55.7 Å². The SMILES string of the molecule is COCCN(C(=O)CCC(=O)NCCc1cccc(Cl)c1)c1c(N)n(CC(C)C)c(=O)[nH]c1=O. The molecule has 1 aromatic carbocycles. The van der Waals surface area contributed by atoms with Gasteiger partial charge < -0.3 is 20.7 Å². The predicted molar refractivity (Wildman–Crippen MR) is 132 cm³/mol. The number of H-pyrrole nitrogens is 1. The van der Waals surface area contributed by atoms with Crippen LogP contribution in [0.1, 0.15) is 32.3 Å². The molecule has 1 heterocycles. The number of amides is 2. The number of nitrogens with zero attached hydrogens (tertiary/aromatic N) is 2. The molecule has 0 spiro atoms. The van der Waals surface area contributed by atoms with Crippen molar-refractivity contribution in [2.24, 2.45) is 5.92 Å². The fourth-order valence-corrected chi connectivity index (χ4v) is 3.62. The number of carbonyl (C=O) groups is 2. The lowest BCUT2D eigenvalue weighted by Gasteiger charge is -2.24. The Labute approximate surface area is 203 Å².